The number of aliphatic hydroxyl groups excluding tert-OH is 1. The average Bonchev–Trinajstić information content (AvgIpc) is 2.66. The molecule has 1 aliphatic heterocycles. The minimum Gasteiger partial charge on any atom is -0.368 e. The maximum absolute atomic E-state index is 11.5. The summed E-state index contributed by atoms with van der Waals surface area (Å²) in [4.78, 5) is 0. The van der Waals surface area contributed by atoms with E-state index in [1.165, 1.54) is 0 Å². The zero-order valence-electron chi connectivity index (χ0n) is 9.98. The Bertz CT molecular complexity index is 508. The van der Waals surface area contributed by atoms with Gasteiger partial charge in [-0.1, -0.05) is 29.8 Å². The van der Waals surface area contributed by atoms with E-state index in [0.717, 1.165) is 5.56 Å². The van der Waals surface area contributed by atoms with Gasteiger partial charge in [0.2, 0.25) is 0 Å². The van der Waals surface area contributed by atoms with Crippen LogP contribution in [0.15, 0.2) is 24.3 Å². The lowest BCUT2D eigenvalue weighted by Gasteiger charge is -2.21. The average molecular weight is 272 g/mol. The molecule has 100 valence electrons. The first-order chi connectivity index (χ1) is 8.38. The molecule has 0 bridgehead atoms. The van der Waals surface area contributed by atoms with E-state index >= 15 is 0 Å². The first kappa shape index (κ1) is 13.5. The topological polar surface area (TPSA) is 83.8 Å². The highest BCUT2D eigenvalue weighted by Gasteiger charge is 2.39. The highest BCUT2D eigenvalue weighted by Crippen LogP contribution is 2.34. The van der Waals surface area contributed by atoms with Crippen LogP contribution in [-0.2, 0) is 14.9 Å². The van der Waals surface area contributed by atoms with Crippen molar-refractivity contribution in [2.45, 2.75) is 37.4 Å². The van der Waals surface area contributed by atoms with Gasteiger partial charge in [0.25, 0.3) is 10.1 Å². The summed E-state index contributed by atoms with van der Waals surface area (Å²) in [6.45, 7) is 1.89. The Morgan fingerprint density at radius 3 is 2.33 bits per heavy atom. The van der Waals surface area contributed by atoms with E-state index in [1.807, 2.05) is 6.92 Å². The molecule has 0 aromatic heterocycles. The Kier molecular flexibility index (Phi) is 3.72. The van der Waals surface area contributed by atoms with Gasteiger partial charge in [0.15, 0.2) is 6.29 Å². The van der Waals surface area contributed by atoms with Crippen LogP contribution in [0.5, 0.6) is 0 Å². The smallest absolute Gasteiger partial charge is 0.274 e. The van der Waals surface area contributed by atoms with Gasteiger partial charge < -0.3 is 9.84 Å². The molecule has 0 radical (unpaired) electrons. The van der Waals surface area contributed by atoms with E-state index in [1.54, 1.807) is 24.3 Å². The number of aliphatic hydroxyl groups is 1. The molecule has 0 aliphatic carbocycles. The SMILES string of the molecule is Cc1ccc([C@@H]([C@@H]2CC[C@@H](O)O2)S(=O)(=O)O)cc1. The summed E-state index contributed by atoms with van der Waals surface area (Å²) in [6.07, 6.45) is -0.885. The Hall–Kier alpha value is -0.950. The normalized spacial score (nSPS) is 26.2. The second-order valence-electron chi connectivity index (χ2n) is 4.55. The number of benzene rings is 1. The van der Waals surface area contributed by atoms with E-state index in [2.05, 4.69) is 0 Å². The third-order valence-electron chi connectivity index (χ3n) is 3.09. The van der Waals surface area contributed by atoms with Crippen LogP contribution >= 0.6 is 0 Å². The lowest BCUT2D eigenvalue weighted by atomic mass is 10.0. The molecule has 0 saturated carbocycles. The molecule has 2 N–H and O–H groups in total. The van der Waals surface area contributed by atoms with Crippen molar-refractivity contribution >= 4 is 10.1 Å². The quantitative estimate of drug-likeness (QED) is 0.813. The third kappa shape index (κ3) is 2.89. The van der Waals surface area contributed by atoms with Crippen LogP contribution in [-0.4, -0.2) is 30.5 Å². The summed E-state index contributed by atoms with van der Waals surface area (Å²) in [7, 11) is -4.27. The maximum atomic E-state index is 11.5. The number of aryl methyl sites for hydroxylation is 1. The van der Waals surface area contributed by atoms with Crippen LogP contribution in [0.25, 0.3) is 0 Å². The predicted octanol–water partition coefficient (Wildman–Crippen LogP) is 1.42. The van der Waals surface area contributed by atoms with Crippen molar-refractivity contribution in [2.75, 3.05) is 0 Å². The molecule has 1 aromatic rings. The molecule has 3 atom stereocenters. The molecule has 1 fully saturated rings. The van der Waals surface area contributed by atoms with Crippen molar-refractivity contribution in [3.63, 3.8) is 0 Å². The zero-order valence-corrected chi connectivity index (χ0v) is 10.8. The van der Waals surface area contributed by atoms with E-state index in [-0.39, 0.29) is 0 Å². The van der Waals surface area contributed by atoms with E-state index < -0.39 is 27.8 Å². The molecule has 0 amide bonds. The van der Waals surface area contributed by atoms with Crippen LogP contribution in [0, 0.1) is 6.92 Å². The Labute approximate surface area is 106 Å². The summed E-state index contributed by atoms with van der Waals surface area (Å²) in [5.74, 6) is 0. The fourth-order valence-electron chi connectivity index (χ4n) is 2.20. The fourth-order valence-corrected chi connectivity index (χ4v) is 3.29. The second kappa shape index (κ2) is 4.97. The molecule has 1 aromatic carbocycles. The van der Waals surface area contributed by atoms with Gasteiger partial charge in [-0.05, 0) is 18.9 Å². The Morgan fingerprint density at radius 1 is 1.28 bits per heavy atom. The van der Waals surface area contributed by atoms with Gasteiger partial charge in [-0.25, -0.2) is 0 Å². The summed E-state index contributed by atoms with van der Waals surface area (Å²) in [6, 6.07) is 6.86. The van der Waals surface area contributed by atoms with Gasteiger partial charge >= 0.3 is 0 Å². The number of ether oxygens (including phenoxy) is 1. The van der Waals surface area contributed by atoms with Crippen LogP contribution in [0.2, 0.25) is 0 Å². The van der Waals surface area contributed by atoms with E-state index in [9.17, 15) is 18.1 Å². The van der Waals surface area contributed by atoms with Crippen LogP contribution in [0.3, 0.4) is 0 Å². The lowest BCUT2D eigenvalue weighted by molar-refractivity contribution is -0.0911. The van der Waals surface area contributed by atoms with Gasteiger partial charge in [-0.3, -0.25) is 4.55 Å². The highest BCUT2D eigenvalue weighted by molar-refractivity contribution is 7.86. The van der Waals surface area contributed by atoms with Crippen LogP contribution in [0.1, 0.15) is 29.2 Å². The molecule has 0 spiro atoms. The number of rotatable bonds is 3. The van der Waals surface area contributed by atoms with Crippen molar-refractivity contribution in [1.29, 1.82) is 0 Å². The van der Waals surface area contributed by atoms with Gasteiger partial charge in [0.05, 0.1) is 6.10 Å². The number of hydrogen-bond acceptors (Lipinski definition) is 4. The number of hydrogen-bond donors (Lipinski definition) is 2. The molecule has 0 unspecified atom stereocenters. The van der Waals surface area contributed by atoms with Crippen molar-refractivity contribution in [2.24, 2.45) is 0 Å². The minimum absolute atomic E-state index is 0.378. The molecule has 1 aliphatic rings. The molecule has 5 nitrogen and oxygen atoms in total. The van der Waals surface area contributed by atoms with Gasteiger partial charge in [-0.2, -0.15) is 8.42 Å². The Balaban J connectivity index is 2.34. The first-order valence-corrected chi connectivity index (χ1v) is 7.24. The molecular weight excluding hydrogens is 256 g/mol. The third-order valence-corrected chi connectivity index (χ3v) is 4.31. The molecule has 18 heavy (non-hydrogen) atoms. The molecule has 2 rings (SSSR count). The van der Waals surface area contributed by atoms with Gasteiger partial charge in [0.1, 0.15) is 5.25 Å². The van der Waals surface area contributed by atoms with Crippen LogP contribution in [0.4, 0.5) is 0 Å². The van der Waals surface area contributed by atoms with E-state index in [4.69, 9.17) is 4.74 Å². The van der Waals surface area contributed by atoms with Crippen molar-refractivity contribution in [3.8, 4) is 0 Å². The fraction of sp³-hybridized carbons (Fsp3) is 0.500. The van der Waals surface area contributed by atoms with Crippen molar-refractivity contribution in [3.05, 3.63) is 35.4 Å². The monoisotopic (exact) mass is 272 g/mol. The lowest BCUT2D eigenvalue weighted by Crippen LogP contribution is -2.26. The summed E-state index contributed by atoms with van der Waals surface area (Å²) < 4.78 is 37.5. The molecule has 6 heteroatoms. The molecular formula is C12H16O5S. The van der Waals surface area contributed by atoms with E-state index in [0.29, 0.717) is 18.4 Å². The first-order valence-electron chi connectivity index (χ1n) is 5.74. The maximum Gasteiger partial charge on any atom is 0.274 e. The standard InChI is InChI=1S/C12H16O5S/c1-8-2-4-9(5-3-8)12(18(14,15)16)10-6-7-11(13)17-10/h2-5,10-13H,6-7H2,1H3,(H,14,15,16)/t10-,11-,12-/m0/s1. The van der Waals surface area contributed by atoms with Crippen LogP contribution < -0.4 is 0 Å². The zero-order chi connectivity index (χ0) is 13.3. The highest BCUT2D eigenvalue weighted by atomic mass is 32.2. The largest absolute Gasteiger partial charge is 0.368 e. The molecule has 1 heterocycles. The van der Waals surface area contributed by atoms with Crippen molar-refractivity contribution in [1.82, 2.24) is 0 Å². The van der Waals surface area contributed by atoms with Crippen molar-refractivity contribution < 1.29 is 22.8 Å². The molecule has 1 saturated heterocycles. The summed E-state index contributed by atoms with van der Waals surface area (Å²) in [5.41, 5.74) is 1.47. The summed E-state index contributed by atoms with van der Waals surface area (Å²) in [5, 5.41) is 8.16. The van der Waals surface area contributed by atoms with Gasteiger partial charge in [-0.15, -0.1) is 0 Å². The second-order valence-corrected chi connectivity index (χ2v) is 6.09. The van der Waals surface area contributed by atoms with Gasteiger partial charge in [0, 0.05) is 6.42 Å². The Morgan fingerprint density at radius 2 is 1.89 bits per heavy atom. The predicted molar refractivity (Wildman–Crippen MR) is 65.6 cm³/mol. The summed E-state index contributed by atoms with van der Waals surface area (Å²) >= 11 is 0. The minimum atomic E-state index is -4.27.